The highest BCUT2D eigenvalue weighted by molar-refractivity contribution is 7.14. The maximum Gasteiger partial charge on any atom is 0.388 e. The average Bonchev–Trinajstić information content (AvgIpc) is 3.48. The summed E-state index contributed by atoms with van der Waals surface area (Å²) in [7, 11) is 0. The van der Waals surface area contributed by atoms with Gasteiger partial charge < -0.3 is 18.9 Å². The van der Waals surface area contributed by atoms with Crippen molar-refractivity contribution >= 4 is 54.4 Å². The molecule has 10 rings (SSSR count). The lowest BCUT2D eigenvalue weighted by molar-refractivity contribution is 0.306. The number of nitrogens with zero attached hydrogens (tertiary/aromatic N) is 3. The van der Waals surface area contributed by atoms with Gasteiger partial charge in [-0.15, -0.1) is 0 Å². The van der Waals surface area contributed by atoms with Crippen molar-refractivity contribution in [1.82, 2.24) is 0 Å². The van der Waals surface area contributed by atoms with Gasteiger partial charge in [-0.1, -0.05) is 203 Å². The van der Waals surface area contributed by atoms with Gasteiger partial charge >= 0.3 is 20.9 Å². The fourth-order valence-corrected chi connectivity index (χ4v) is 9.24. The Morgan fingerprint density at radius 3 is 1.33 bits per heavy atom. The van der Waals surface area contributed by atoms with Gasteiger partial charge in [0.15, 0.2) is 0 Å². The first-order valence-corrected chi connectivity index (χ1v) is 20.7. The van der Waals surface area contributed by atoms with Crippen molar-refractivity contribution in [2.75, 3.05) is 14.2 Å². The molecule has 2 heterocycles. The summed E-state index contributed by atoms with van der Waals surface area (Å²) in [6, 6.07) is 71.1. The number of rotatable bonds is 7. The molecule has 0 amide bonds. The highest BCUT2D eigenvalue weighted by Gasteiger charge is 2.56. The minimum absolute atomic E-state index is 0.0298. The summed E-state index contributed by atoms with van der Waals surface area (Å²) < 4.78 is 96.4. The Kier molecular flexibility index (Phi) is 7.53. The van der Waals surface area contributed by atoms with Crippen LogP contribution in [0.1, 0.15) is 50.9 Å². The van der Waals surface area contributed by atoms with Crippen LogP contribution in [0.3, 0.4) is 0 Å². The zero-order chi connectivity index (χ0) is 49.1. The molecule has 294 valence electrons. The van der Waals surface area contributed by atoms with Crippen LogP contribution in [-0.2, 0) is 10.8 Å². The van der Waals surface area contributed by atoms with Crippen molar-refractivity contribution in [3.63, 3.8) is 0 Å². The summed E-state index contributed by atoms with van der Waals surface area (Å²) in [5.41, 5.74) is 1.10. The van der Waals surface area contributed by atoms with Crippen LogP contribution in [0.4, 0.5) is 17.1 Å². The van der Waals surface area contributed by atoms with Crippen LogP contribution in [-0.4, -0.2) is 20.9 Å². The van der Waals surface area contributed by atoms with E-state index in [1.54, 1.807) is 30.3 Å². The van der Waals surface area contributed by atoms with E-state index in [4.69, 9.17) is 8.85 Å². The van der Waals surface area contributed by atoms with E-state index >= 15 is 0 Å². The Balaban J connectivity index is 1.29. The Hall–Kier alpha value is -6.85. The highest BCUT2D eigenvalue weighted by Crippen LogP contribution is 2.55. The average molecular weight is 796 g/mol. The lowest BCUT2D eigenvalue weighted by Crippen LogP contribution is -2.86. The molecule has 1 atom stereocenters. The van der Waals surface area contributed by atoms with Crippen molar-refractivity contribution < 1.29 is 17.1 Å². The van der Waals surface area contributed by atoms with Gasteiger partial charge in [0.1, 0.15) is 11.5 Å². The summed E-state index contributed by atoms with van der Waals surface area (Å²) >= 11 is 0. The minimum Gasteiger partial charge on any atom is -0.456 e. The summed E-state index contributed by atoms with van der Waals surface area (Å²) in [6.45, 7) is -9.95. The lowest BCUT2D eigenvalue weighted by Gasteiger charge is -2.57. The molecule has 7 heteroatoms. The topological polar surface area (TPSA) is 19.0 Å². The maximum atomic E-state index is 9.20. The number of para-hydroxylation sites is 4. The number of hydrogen-bond donors (Lipinski definition) is 0. The van der Waals surface area contributed by atoms with Crippen molar-refractivity contribution in [3.8, 4) is 22.6 Å². The predicted octanol–water partition coefficient (Wildman–Crippen LogP) is 10.7. The maximum absolute atomic E-state index is 9.20. The second-order valence-electron chi connectivity index (χ2n) is 16.0. The van der Waals surface area contributed by atoms with E-state index < -0.39 is 45.4 Å². The molecule has 2 aliphatic heterocycles. The van der Waals surface area contributed by atoms with Gasteiger partial charge in [0.2, 0.25) is 0 Å². The molecule has 0 saturated carbocycles. The van der Waals surface area contributed by atoms with E-state index in [9.17, 15) is 8.22 Å². The first kappa shape index (κ1) is 29.4. The molecule has 1 saturated heterocycles. The van der Waals surface area contributed by atoms with Gasteiger partial charge in [-0.25, -0.2) is 0 Å². The Labute approximate surface area is 375 Å². The van der Waals surface area contributed by atoms with Crippen molar-refractivity contribution in [3.05, 3.63) is 230 Å². The smallest absolute Gasteiger partial charge is 0.388 e. The van der Waals surface area contributed by atoms with E-state index in [0.717, 1.165) is 33.5 Å². The third-order valence-electron chi connectivity index (χ3n) is 12.2. The van der Waals surface area contributed by atoms with Crippen molar-refractivity contribution in [2.45, 2.75) is 38.3 Å². The molecule has 1 unspecified atom stereocenters. The monoisotopic (exact) mass is 796 g/mol. The molecular weight excluding hydrogens is 739 g/mol. The van der Waals surface area contributed by atoms with Gasteiger partial charge in [-0.2, -0.15) is 0 Å². The van der Waals surface area contributed by atoms with Gasteiger partial charge in [-0.3, -0.25) is 0 Å². The van der Waals surface area contributed by atoms with E-state index in [-0.39, 0.29) is 29.6 Å². The summed E-state index contributed by atoms with van der Waals surface area (Å²) in [4.78, 5) is 0. The van der Waals surface area contributed by atoms with Crippen molar-refractivity contribution in [1.29, 1.82) is 0 Å². The standard InChI is InChI=1S/C54H48B3N3O/c1-53(2)49-37-20-21-39-51(49)61-52-48(36-23-38-50(52)54(53,3)4)41-24-22-35-47(40-41)60-56(43-27-12-6-13-28-43)58(45-31-16-8-17-32-45)55(42-25-10-5-11-26-42)59(46-33-18-9-19-34-46)57(60)44-29-14-7-15-30-44/h5-40H,1-4H3/i1D3,3D3,4D3. The molecular formula is C54H48B3N3O. The first-order chi connectivity index (χ1) is 33.6. The first-order valence-electron chi connectivity index (χ1n) is 25.2. The van der Waals surface area contributed by atoms with Gasteiger partial charge in [0.25, 0.3) is 0 Å². The third kappa shape index (κ3) is 6.60. The van der Waals surface area contributed by atoms with Gasteiger partial charge in [0.05, 0.1) is 0 Å². The molecule has 8 aromatic rings. The van der Waals surface area contributed by atoms with E-state index in [2.05, 4.69) is 142 Å². The molecule has 0 radical (unpaired) electrons. The number of hydrogen-bond acceptors (Lipinski definition) is 4. The van der Waals surface area contributed by atoms with Gasteiger partial charge in [0, 0.05) is 56.9 Å². The Bertz CT molecular complexity index is 3010. The summed E-state index contributed by atoms with van der Waals surface area (Å²) in [5, 5.41) is 0. The Morgan fingerprint density at radius 1 is 0.410 bits per heavy atom. The Morgan fingerprint density at radius 2 is 0.820 bits per heavy atom. The predicted molar refractivity (Wildman–Crippen MR) is 260 cm³/mol. The molecule has 8 aromatic carbocycles. The molecule has 0 aliphatic carbocycles. The number of fused-ring (bicyclic) bond motifs is 2. The van der Waals surface area contributed by atoms with Crippen LogP contribution in [0.2, 0.25) is 0 Å². The van der Waals surface area contributed by atoms with E-state index in [0.29, 0.717) is 11.1 Å². The van der Waals surface area contributed by atoms with Crippen LogP contribution in [0.25, 0.3) is 11.1 Å². The summed E-state index contributed by atoms with van der Waals surface area (Å²) in [5.74, 6) is 0.0285. The molecule has 0 bridgehead atoms. The van der Waals surface area contributed by atoms with Crippen LogP contribution in [0.5, 0.6) is 11.5 Å². The molecule has 1 fully saturated rings. The van der Waals surface area contributed by atoms with Crippen LogP contribution >= 0.6 is 0 Å². The highest BCUT2D eigenvalue weighted by atomic mass is 16.5. The lowest BCUT2D eigenvalue weighted by atomic mass is 9.37. The SMILES string of the molecule is [2H]C([2H])([2H])C1(C)c2ccccc2Oc2c(-c3cccc(N4B(c5ccccc5)N(c5ccccc5)B(c5ccccc5)N(c5ccccc5)B4c4ccccc4)c3)cccc2C1(C([2H])([2H])[2H])C([2H])([2H])[2H]. The molecule has 0 aromatic heterocycles. The fourth-order valence-electron chi connectivity index (χ4n) is 9.24. The molecule has 61 heavy (non-hydrogen) atoms. The second kappa shape index (κ2) is 15.6. The van der Waals surface area contributed by atoms with Crippen LogP contribution < -0.4 is 35.3 Å². The quantitative estimate of drug-likeness (QED) is 0.150. The molecule has 2 aliphatic rings. The summed E-state index contributed by atoms with van der Waals surface area (Å²) in [6.07, 6.45) is 0. The molecule has 0 N–H and O–H groups in total. The third-order valence-corrected chi connectivity index (χ3v) is 12.2. The normalized spacial score (nSPS) is 19.8. The van der Waals surface area contributed by atoms with Crippen LogP contribution in [0.15, 0.2) is 218 Å². The van der Waals surface area contributed by atoms with Gasteiger partial charge in [-0.05, 0) is 64.4 Å². The number of ether oxygens (including phenoxy) is 1. The van der Waals surface area contributed by atoms with E-state index in [1.807, 2.05) is 48.5 Å². The van der Waals surface area contributed by atoms with E-state index in [1.165, 1.54) is 19.1 Å². The molecule has 0 spiro atoms. The van der Waals surface area contributed by atoms with Crippen molar-refractivity contribution in [2.24, 2.45) is 0 Å². The van der Waals surface area contributed by atoms with Crippen LogP contribution in [0, 0.1) is 0 Å². The zero-order valence-electron chi connectivity index (χ0n) is 42.8. The minimum atomic E-state index is -3.38. The molecule has 4 nitrogen and oxygen atoms in total. The number of benzene rings is 8. The second-order valence-corrected chi connectivity index (χ2v) is 16.0. The fraction of sp³-hybridized carbons (Fsp3) is 0.111. The largest absolute Gasteiger partial charge is 0.456 e. The zero-order valence-corrected chi connectivity index (χ0v) is 33.8. The number of anilines is 3.